The lowest BCUT2D eigenvalue weighted by Crippen LogP contribution is -2.45. The number of sulfonamides is 1. The van der Waals surface area contributed by atoms with Crippen molar-refractivity contribution in [3.63, 3.8) is 0 Å². The molecule has 1 aliphatic rings. The van der Waals surface area contributed by atoms with Crippen molar-refractivity contribution in [2.75, 3.05) is 0 Å². The van der Waals surface area contributed by atoms with Crippen LogP contribution in [0.1, 0.15) is 51.0 Å². The van der Waals surface area contributed by atoms with Crippen molar-refractivity contribution in [3.8, 4) is 0 Å². The first-order valence-corrected chi connectivity index (χ1v) is 13.0. The number of urea groups is 1. The largest absolute Gasteiger partial charge is 0.335 e. The third-order valence-electron chi connectivity index (χ3n) is 6.05. The van der Waals surface area contributed by atoms with Gasteiger partial charge in [-0.3, -0.25) is 4.79 Å². The van der Waals surface area contributed by atoms with E-state index in [1.165, 1.54) is 18.5 Å². The summed E-state index contributed by atoms with van der Waals surface area (Å²) in [5.74, 6) is 0.355. The van der Waals surface area contributed by atoms with Crippen LogP contribution in [0.15, 0.2) is 64.5 Å². The van der Waals surface area contributed by atoms with Crippen LogP contribution in [-0.4, -0.2) is 36.7 Å². The zero-order valence-corrected chi connectivity index (χ0v) is 20.5. The van der Waals surface area contributed by atoms with Gasteiger partial charge in [0, 0.05) is 12.0 Å². The highest BCUT2D eigenvalue weighted by Gasteiger charge is 2.23. The summed E-state index contributed by atoms with van der Waals surface area (Å²) in [5.41, 5.74) is 1.37. The summed E-state index contributed by atoms with van der Waals surface area (Å²) in [4.78, 5) is 40.3. The van der Waals surface area contributed by atoms with E-state index >= 15 is 0 Å². The summed E-state index contributed by atoms with van der Waals surface area (Å²) < 4.78 is 26.5. The number of nitrogens with one attached hydrogen (secondary N) is 3. The molecule has 3 aromatic rings. The van der Waals surface area contributed by atoms with Crippen molar-refractivity contribution in [1.29, 1.82) is 0 Å². The maximum Gasteiger partial charge on any atom is 0.328 e. The predicted molar refractivity (Wildman–Crippen MR) is 134 cm³/mol. The van der Waals surface area contributed by atoms with E-state index < -0.39 is 16.1 Å². The van der Waals surface area contributed by atoms with Crippen molar-refractivity contribution in [3.05, 3.63) is 70.8 Å². The Morgan fingerprint density at radius 2 is 1.74 bits per heavy atom. The third-order valence-corrected chi connectivity index (χ3v) is 7.39. The molecule has 10 heteroatoms. The van der Waals surface area contributed by atoms with E-state index in [1.54, 1.807) is 25.1 Å². The average Bonchev–Trinajstić information content (AvgIpc) is 2.85. The standard InChI is InChI=1S/C17H24N2O4S.C8H6N2O/c1-12-3-7-15(8-4-12)18-17(21)19-24(22,23)16-9-5-14(6-10-16)13(2)11-20;11-8-6-3-1-2-4-7(6)9-5-10-8/h5-6,9-13,15H,3-4,7-8H2,1-2H3,(H2,18,19,21);1-5H,(H,9,10,11). The van der Waals surface area contributed by atoms with Crippen LogP contribution >= 0.6 is 0 Å². The van der Waals surface area contributed by atoms with Gasteiger partial charge in [-0.15, -0.1) is 0 Å². The summed E-state index contributed by atoms with van der Waals surface area (Å²) in [5, 5.41) is 3.36. The van der Waals surface area contributed by atoms with Crippen molar-refractivity contribution in [2.24, 2.45) is 5.92 Å². The Morgan fingerprint density at radius 3 is 2.37 bits per heavy atom. The number of aldehydes is 1. The van der Waals surface area contributed by atoms with Gasteiger partial charge in [0.05, 0.1) is 22.1 Å². The number of benzene rings is 2. The summed E-state index contributed by atoms with van der Waals surface area (Å²) in [7, 11) is -3.92. The molecule has 1 heterocycles. The molecule has 4 rings (SSSR count). The maximum atomic E-state index is 12.2. The van der Waals surface area contributed by atoms with E-state index in [0.29, 0.717) is 11.3 Å². The first-order chi connectivity index (χ1) is 16.7. The van der Waals surface area contributed by atoms with E-state index in [2.05, 4.69) is 22.2 Å². The number of aromatic nitrogens is 2. The zero-order valence-electron chi connectivity index (χ0n) is 19.7. The van der Waals surface area contributed by atoms with E-state index in [9.17, 15) is 22.8 Å². The average molecular weight is 499 g/mol. The molecule has 1 aliphatic carbocycles. The highest BCUT2D eigenvalue weighted by molar-refractivity contribution is 7.90. The van der Waals surface area contributed by atoms with Gasteiger partial charge in [-0.1, -0.05) is 38.1 Å². The Hall–Kier alpha value is -3.53. The van der Waals surface area contributed by atoms with Gasteiger partial charge in [0.2, 0.25) is 0 Å². The van der Waals surface area contributed by atoms with Gasteiger partial charge < -0.3 is 15.1 Å². The second-order valence-corrected chi connectivity index (χ2v) is 10.5. The summed E-state index contributed by atoms with van der Waals surface area (Å²) in [6.45, 7) is 3.91. The molecule has 0 bridgehead atoms. The number of rotatable bonds is 5. The smallest absolute Gasteiger partial charge is 0.328 e. The SMILES string of the molecule is CC1CCC(NC(=O)NS(=O)(=O)c2ccc(C(C)C=O)cc2)CC1.O=c1[nH]cnc2ccccc12. The monoisotopic (exact) mass is 498 g/mol. The van der Waals surface area contributed by atoms with Crippen LogP contribution in [0.3, 0.4) is 0 Å². The zero-order chi connectivity index (χ0) is 25.4. The van der Waals surface area contributed by atoms with Gasteiger partial charge in [-0.2, -0.15) is 0 Å². The normalized spacial score (nSPS) is 18.6. The van der Waals surface area contributed by atoms with Crippen molar-refractivity contribution in [2.45, 2.75) is 56.4 Å². The molecule has 0 saturated heterocycles. The molecule has 0 spiro atoms. The fourth-order valence-electron chi connectivity index (χ4n) is 3.85. The van der Waals surface area contributed by atoms with Gasteiger partial charge in [0.1, 0.15) is 6.29 Å². The van der Waals surface area contributed by atoms with Gasteiger partial charge in [-0.05, 0) is 61.4 Å². The Kier molecular flexibility index (Phi) is 8.75. The number of carbonyl (C=O) groups is 2. The van der Waals surface area contributed by atoms with Gasteiger partial charge >= 0.3 is 6.03 Å². The lowest BCUT2D eigenvalue weighted by molar-refractivity contribution is -0.108. The minimum Gasteiger partial charge on any atom is -0.335 e. The molecular weight excluding hydrogens is 468 g/mol. The van der Waals surface area contributed by atoms with Crippen LogP contribution in [-0.2, 0) is 14.8 Å². The van der Waals surface area contributed by atoms with E-state index in [-0.39, 0.29) is 22.4 Å². The van der Waals surface area contributed by atoms with Crippen LogP contribution in [0.25, 0.3) is 10.9 Å². The molecule has 1 aromatic heterocycles. The molecule has 2 aromatic carbocycles. The topological polar surface area (TPSA) is 138 Å². The number of aromatic amines is 1. The molecule has 3 N–H and O–H groups in total. The molecule has 1 atom stereocenters. The van der Waals surface area contributed by atoms with Crippen molar-refractivity contribution in [1.82, 2.24) is 20.0 Å². The molecule has 186 valence electrons. The number of hydrogen-bond acceptors (Lipinski definition) is 6. The molecule has 35 heavy (non-hydrogen) atoms. The van der Waals surface area contributed by atoms with Crippen LogP contribution in [0.4, 0.5) is 4.79 Å². The number of amides is 2. The first-order valence-electron chi connectivity index (χ1n) is 11.5. The maximum absolute atomic E-state index is 12.2. The Morgan fingerprint density at radius 1 is 1.09 bits per heavy atom. The molecule has 2 amide bonds. The minimum absolute atomic E-state index is 0.00300. The molecular formula is C25H30N4O5S. The van der Waals surface area contributed by atoms with Crippen LogP contribution < -0.4 is 15.6 Å². The van der Waals surface area contributed by atoms with Crippen LogP contribution in [0.2, 0.25) is 0 Å². The first kappa shape index (κ1) is 26.1. The lowest BCUT2D eigenvalue weighted by Gasteiger charge is -2.26. The Labute approximate surface area is 204 Å². The summed E-state index contributed by atoms with van der Waals surface area (Å²) in [6.07, 6.45) is 6.01. The van der Waals surface area contributed by atoms with E-state index in [1.807, 2.05) is 22.9 Å². The number of para-hydroxylation sites is 1. The fourth-order valence-corrected chi connectivity index (χ4v) is 4.76. The van der Waals surface area contributed by atoms with Crippen LogP contribution in [0.5, 0.6) is 0 Å². The Bertz CT molecular complexity index is 1310. The van der Waals surface area contributed by atoms with Gasteiger partial charge in [0.25, 0.3) is 15.6 Å². The fraction of sp³-hybridized carbons (Fsp3) is 0.360. The molecule has 1 saturated carbocycles. The highest BCUT2D eigenvalue weighted by atomic mass is 32.2. The molecule has 0 radical (unpaired) electrons. The highest BCUT2D eigenvalue weighted by Crippen LogP contribution is 2.23. The van der Waals surface area contributed by atoms with E-state index in [0.717, 1.165) is 43.0 Å². The molecule has 1 unspecified atom stereocenters. The van der Waals surface area contributed by atoms with Crippen molar-refractivity contribution < 1.29 is 18.0 Å². The number of H-pyrrole nitrogens is 1. The second kappa shape index (κ2) is 11.7. The number of carbonyl (C=O) groups excluding carboxylic acids is 2. The van der Waals surface area contributed by atoms with Gasteiger partial charge in [0.15, 0.2) is 0 Å². The number of nitrogens with zero attached hydrogens (tertiary/aromatic N) is 1. The third kappa shape index (κ3) is 7.22. The van der Waals surface area contributed by atoms with Gasteiger partial charge in [-0.25, -0.2) is 22.9 Å². The summed E-state index contributed by atoms with van der Waals surface area (Å²) in [6, 6.07) is 12.5. The quantitative estimate of drug-likeness (QED) is 0.461. The second-order valence-electron chi connectivity index (χ2n) is 8.78. The number of hydrogen-bond donors (Lipinski definition) is 3. The molecule has 0 aliphatic heterocycles. The number of fused-ring (bicyclic) bond motifs is 1. The predicted octanol–water partition coefficient (Wildman–Crippen LogP) is 3.48. The van der Waals surface area contributed by atoms with Crippen molar-refractivity contribution >= 4 is 33.2 Å². The Balaban J connectivity index is 0.000000256. The lowest BCUT2D eigenvalue weighted by atomic mass is 9.87. The minimum atomic E-state index is -3.92. The molecule has 9 nitrogen and oxygen atoms in total. The summed E-state index contributed by atoms with van der Waals surface area (Å²) >= 11 is 0. The van der Waals surface area contributed by atoms with Crippen LogP contribution in [0, 0.1) is 5.92 Å². The van der Waals surface area contributed by atoms with E-state index in [4.69, 9.17) is 0 Å². The molecule has 1 fully saturated rings.